The molecule has 1 aromatic heterocycles. The van der Waals surface area contributed by atoms with Crippen molar-refractivity contribution >= 4 is 33.4 Å². The number of rotatable bonds is 7. The number of methoxy groups -OCH3 is 2. The number of hydrogen-bond acceptors (Lipinski definition) is 5. The maximum absolute atomic E-state index is 13.4. The summed E-state index contributed by atoms with van der Waals surface area (Å²) in [6, 6.07) is 18.0. The molecule has 0 aliphatic carbocycles. The summed E-state index contributed by atoms with van der Waals surface area (Å²) < 4.78 is 12.9. The van der Waals surface area contributed by atoms with Crippen molar-refractivity contribution in [1.82, 2.24) is 4.57 Å². The molecule has 4 rings (SSSR count). The number of nitrogens with zero attached hydrogens (tertiary/aromatic N) is 1. The van der Waals surface area contributed by atoms with Crippen molar-refractivity contribution in [2.45, 2.75) is 26.4 Å². The lowest BCUT2D eigenvalue weighted by Crippen LogP contribution is -3.00. The van der Waals surface area contributed by atoms with Gasteiger partial charge in [0.2, 0.25) is 5.91 Å². The van der Waals surface area contributed by atoms with E-state index in [2.05, 4.69) is 9.88 Å². The lowest BCUT2D eigenvalue weighted by Gasteiger charge is -2.18. The van der Waals surface area contributed by atoms with E-state index in [-0.39, 0.29) is 29.7 Å². The smallest absolute Gasteiger partial charge is 0.241 e. The predicted molar refractivity (Wildman–Crippen MR) is 136 cm³/mol. The van der Waals surface area contributed by atoms with Gasteiger partial charge < -0.3 is 37.5 Å². The van der Waals surface area contributed by atoms with E-state index in [1.165, 1.54) is 0 Å². The Hall–Kier alpha value is -3.55. The Labute approximate surface area is 210 Å². The Bertz CT molecular complexity index is 1410. The van der Waals surface area contributed by atoms with E-state index in [9.17, 15) is 9.59 Å². The molecule has 1 unspecified atom stereocenters. The summed E-state index contributed by atoms with van der Waals surface area (Å²) in [5.74, 6) is 1.10. The molecule has 0 bridgehead atoms. The number of nitrogens with two attached hydrogens (primary N) is 1. The minimum atomic E-state index is -0.632. The van der Waals surface area contributed by atoms with Crippen molar-refractivity contribution in [1.29, 1.82) is 0 Å². The average molecular weight is 495 g/mol. The van der Waals surface area contributed by atoms with E-state index in [0.717, 1.165) is 16.6 Å². The lowest BCUT2D eigenvalue weighted by atomic mass is 10.0. The van der Waals surface area contributed by atoms with Crippen LogP contribution in [0.5, 0.6) is 11.5 Å². The van der Waals surface area contributed by atoms with E-state index in [1.54, 1.807) is 26.4 Å². The average Bonchev–Trinajstić information content (AvgIpc) is 2.85. The molecule has 35 heavy (non-hydrogen) atoms. The summed E-state index contributed by atoms with van der Waals surface area (Å²) in [6.45, 7) is 4.28. The van der Waals surface area contributed by atoms with Crippen molar-refractivity contribution in [3.63, 3.8) is 0 Å². The first kappa shape index (κ1) is 26.1. The zero-order valence-corrected chi connectivity index (χ0v) is 20.9. The zero-order chi connectivity index (χ0) is 24.4. The molecule has 1 amide bonds. The molecule has 3 aromatic carbocycles. The van der Waals surface area contributed by atoms with Crippen LogP contribution in [0, 0.1) is 5.92 Å². The fourth-order valence-corrected chi connectivity index (χ4v) is 4.05. The van der Waals surface area contributed by atoms with E-state index in [4.69, 9.17) is 15.2 Å². The number of carbonyl (C=O) groups excluding carboxylic acids is 1. The van der Waals surface area contributed by atoms with Crippen molar-refractivity contribution in [3.05, 3.63) is 76.5 Å². The van der Waals surface area contributed by atoms with Gasteiger partial charge in [-0.25, -0.2) is 0 Å². The number of hydrogen-bond donors (Lipinski definition) is 2. The second kappa shape index (κ2) is 10.8. The summed E-state index contributed by atoms with van der Waals surface area (Å²) in [4.78, 5) is 25.9. The highest BCUT2D eigenvalue weighted by Crippen LogP contribution is 2.27. The largest absolute Gasteiger partial charge is 1.00 e. The van der Waals surface area contributed by atoms with Gasteiger partial charge in [-0.15, -0.1) is 0 Å². The van der Waals surface area contributed by atoms with Crippen molar-refractivity contribution in [2.24, 2.45) is 11.7 Å². The first-order valence-electron chi connectivity index (χ1n) is 11.2. The van der Waals surface area contributed by atoms with Crippen LogP contribution in [-0.4, -0.2) is 30.7 Å². The van der Waals surface area contributed by atoms with Crippen LogP contribution in [0.3, 0.4) is 0 Å². The highest BCUT2D eigenvalue weighted by atomic mass is 35.5. The molecule has 1 atom stereocenters. The second-order valence-electron chi connectivity index (χ2n) is 8.64. The van der Waals surface area contributed by atoms with Crippen LogP contribution in [0.25, 0.3) is 21.8 Å². The number of ether oxygens (including phenoxy) is 2. The molecule has 0 spiro atoms. The van der Waals surface area contributed by atoms with Crippen LogP contribution in [0.15, 0.2) is 65.5 Å². The van der Waals surface area contributed by atoms with Crippen LogP contribution >= 0.6 is 0 Å². The predicted octanol–water partition coefficient (Wildman–Crippen LogP) is 1.15. The van der Waals surface area contributed by atoms with Crippen LogP contribution in [0.2, 0.25) is 0 Å². The number of para-hydroxylation sites is 1. The fraction of sp³-hybridized carbons (Fsp3) is 0.259. The normalized spacial score (nSPS) is 11.8. The van der Waals surface area contributed by atoms with Gasteiger partial charge >= 0.3 is 0 Å². The third-order valence-corrected chi connectivity index (χ3v) is 6.01. The zero-order valence-electron chi connectivity index (χ0n) is 20.2. The van der Waals surface area contributed by atoms with Crippen LogP contribution in [0.4, 0.5) is 5.69 Å². The van der Waals surface area contributed by atoms with E-state index >= 15 is 0 Å². The SMILES string of the molecule is COc1cc(Cn2c3ccccc3c(=O)c3cc(NC(=O)C(N)C(C)C)ccc32)cc(OC)c1.[Cl-]. The molecule has 0 aliphatic heterocycles. The third kappa shape index (κ3) is 5.26. The number of pyridine rings is 1. The molecule has 4 aromatic rings. The Morgan fingerprint density at radius 3 is 2.20 bits per heavy atom. The van der Waals surface area contributed by atoms with Crippen LogP contribution < -0.4 is 38.4 Å². The molecular formula is C27H29ClN3O4-. The number of benzene rings is 3. The Morgan fingerprint density at radius 2 is 1.57 bits per heavy atom. The van der Waals surface area contributed by atoms with E-state index in [0.29, 0.717) is 34.5 Å². The second-order valence-corrected chi connectivity index (χ2v) is 8.64. The molecule has 0 saturated carbocycles. The van der Waals surface area contributed by atoms with Gasteiger partial charge in [-0.3, -0.25) is 9.59 Å². The number of anilines is 1. The number of aromatic nitrogens is 1. The summed E-state index contributed by atoms with van der Waals surface area (Å²) >= 11 is 0. The van der Waals surface area contributed by atoms with Crippen molar-refractivity contribution in [3.8, 4) is 11.5 Å². The minimum absolute atomic E-state index is 0. The van der Waals surface area contributed by atoms with Crippen LogP contribution in [-0.2, 0) is 11.3 Å². The topological polar surface area (TPSA) is 95.6 Å². The van der Waals surface area contributed by atoms with Gasteiger partial charge in [0, 0.05) is 29.1 Å². The molecule has 7 nitrogen and oxygen atoms in total. The summed E-state index contributed by atoms with van der Waals surface area (Å²) in [5.41, 5.74) is 8.98. The third-order valence-electron chi connectivity index (χ3n) is 6.01. The molecule has 3 N–H and O–H groups in total. The summed E-state index contributed by atoms with van der Waals surface area (Å²) in [6.07, 6.45) is 0. The molecule has 8 heteroatoms. The Kier molecular flexibility index (Phi) is 8.04. The number of fused-ring (bicyclic) bond motifs is 2. The molecular weight excluding hydrogens is 466 g/mol. The van der Waals surface area contributed by atoms with Gasteiger partial charge in [0.25, 0.3) is 0 Å². The van der Waals surface area contributed by atoms with Gasteiger partial charge in [-0.05, 0) is 53.9 Å². The lowest BCUT2D eigenvalue weighted by molar-refractivity contribution is -0.118. The van der Waals surface area contributed by atoms with Gasteiger partial charge in [0.05, 0.1) is 31.3 Å². The molecule has 0 aliphatic rings. The summed E-state index contributed by atoms with van der Waals surface area (Å²) in [5, 5.41) is 3.97. The molecule has 0 fully saturated rings. The fourth-order valence-electron chi connectivity index (χ4n) is 4.05. The highest BCUT2D eigenvalue weighted by Gasteiger charge is 2.18. The number of nitrogens with one attached hydrogen (secondary N) is 1. The molecule has 0 saturated heterocycles. The van der Waals surface area contributed by atoms with Gasteiger partial charge in [-0.1, -0.05) is 26.0 Å². The standard InChI is InChI=1S/C27H29N3O4.ClH/c1-16(2)25(28)27(32)29-18-9-10-24-22(13-18)26(31)21-7-5-6-8-23(21)30(24)15-17-11-19(33-3)14-20(12-17)34-4;/h5-14,16,25H,15,28H2,1-4H3,(H,29,32);1H/p-1. The van der Waals surface area contributed by atoms with Crippen LogP contribution in [0.1, 0.15) is 19.4 Å². The minimum Gasteiger partial charge on any atom is -1.00 e. The quantitative estimate of drug-likeness (QED) is 0.376. The van der Waals surface area contributed by atoms with Gasteiger partial charge in [0.15, 0.2) is 5.43 Å². The Balaban J connectivity index is 0.00000342. The molecule has 0 radical (unpaired) electrons. The maximum Gasteiger partial charge on any atom is 0.241 e. The first-order chi connectivity index (χ1) is 16.3. The van der Waals surface area contributed by atoms with E-state index < -0.39 is 6.04 Å². The Morgan fingerprint density at radius 1 is 0.943 bits per heavy atom. The van der Waals surface area contributed by atoms with Gasteiger partial charge in [0.1, 0.15) is 11.5 Å². The van der Waals surface area contributed by atoms with E-state index in [1.807, 2.05) is 62.4 Å². The number of carbonyl (C=O) groups is 1. The number of halogens is 1. The molecule has 1 heterocycles. The number of amides is 1. The maximum atomic E-state index is 13.4. The molecule has 184 valence electrons. The first-order valence-corrected chi connectivity index (χ1v) is 11.2. The van der Waals surface area contributed by atoms with Crippen molar-refractivity contribution in [2.75, 3.05) is 19.5 Å². The monoisotopic (exact) mass is 494 g/mol. The van der Waals surface area contributed by atoms with Crippen molar-refractivity contribution < 1.29 is 26.7 Å². The highest BCUT2D eigenvalue weighted by molar-refractivity contribution is 5.99. The summed E-state index contributed by atoms with van der Waals surface area (Å²) in [7, 11) is 3.23. The van der Waals surface area contributed by atoms with Gasteiger partial charge in [-0.2, -0.15) is 0 Å².